The number of anilines is 3. The Balaban J connectivity index is 1.12. The predicted molar refractivity (Wildman–Crippen MR) is 204 cm³/mol. The minimum atomic E-state index is 1.12. The van der Waals surface area contributed by atoms with Crippen molar-refractivity contribution < 1.29 is 0 Å². The number of nitrogens with zero attached hydrogens (tertiary/aromatic N) is 2. The first-order valence-corrected chi connectivity index (χ1v) is 16.4. The maximum Gasteiger partial charge on any atom is 0.0541 e. The second-order valence-electron chi connectivity index (χ2n) is 12.2. The zero-order chi connectivity index (χ0) is 31.9. The Morgan fingerprint density at radius 2 is 0.875 bits per heavy atom. The molecule has 2 heteroatoms. The van der Waals surface area contributed by atoms with Crippen molar-refractivity contribution in [1.29, 1.82) is 0 Å². The van der Waals surface area contributed by atoms with Gasteiger partial charge >= 0.3 is 0 Å². The second-order valence-corrected chi connectivity index (χ2v) is 12.2. The Labute approximate surface area is 280 Å². The standard InChI is InChI=1S/C46H32N2/c1-3-12-33(13-4-1)34-22-29-40(30-23-34)48-45-20-10-9-19-42(45)43-32-37(26-31-46(43)48)35-24-27-39(28-25-35)47(38-16-5-2-6-17-38)44-21-11-15-36-14-7-8-18-41(36)44/h1-32H. The van der Waals surface area contributed by atoms with Crippen LogP contribution >= 0.6 is 0 Å². The Hall–Kier alpha value is -6.38. The van der Waals surface area contributed by atoms with E-state index in [0.717, 1.165) is 22.7 Å². The van der Waals surface area contributed by atoms with Crippen molar-refractivity contribution in [2.24, 2.45) is 0 Å². The highest BCUT2D eigenvalue weighted by Gasteiger charge is 2.16. The van der Waals surface area contributed by atoms with Crippen molar-refractivity contribution in [3.8, 4) is 27.9 Å². The molecule has 0 fully saturated rings. The Morgan fingerprint density at radius 3 is 1.67 bits per heavy atom. The van der Waals surface area contributed by atoms with E-state index < -0.39 is 0 Å². The van der Waals surface area contributed by atoms with Gasteiger partial charge in [-0.05, 0) is 88.3 Å². The van der Waals surface area contributed by atoms with Crippen LogP contribution in [-0.2, 0) is 0 Å². The normalized spacial score (nSPS) is 11.3. The van der Waals surface area contributed by atoms with Crippen molar-refractivity contribution in [3.05, 3.63) is 194 Å². The first-order valence-electron chi connectivity index (χ1n) is 16.4. The molecule has 0 atom stereocenters. The minimum Gasteiger partial charge on any atom is -0.310 e. The van der Waals surface area contributed by atoms with E-state index in [1.165, 1.54) is 54.8 Å². The number of hydrogen-bond donors (Lipinski definition) is 0. The van der Waals surface area contributed by atoms with Gasteiger partial charge in [0.2, 0.25) is 0 Å². The molecule has 1 heterocycles. The van der Waals surface area contributed by atoms with Gasteiger partial charge in [-0.15, -0.1) is 0 Å². The van der Waals surface area contributed by atoms with E-state index in [-0.39, 0.29) is 0 Å². The average molecular weight is 613 g/mol. The van der Waals surface area contributed by atoms with Gasteiger partial charge in [0, 0.05) is 33.2 Å². The summed E-state index contributed by atoms with van der Waals surface area (Å²) < 4.78 is 2.38. The number of fused-ring (bicyclic) bond motifs is 4. The van der Waals surface area contributed by atoms with Crippen LogP contribution in [0.4, 0.5) is 17.1 Å². The number of rotatable bonds is 6. The van der Waals surface area contributed by atoms with Crippen LogP contribution in [0.3, 0.4) is 0 Å². The molecule has 0 aliphatic heterocycles. The fraction of sp³-hybridized carbons (Fsp3) is 0. The molecule has 0 aliphatic carbocycles. The smallest absolute Gasteiger partial charge is 0.0541 e. The minimum absolute atomic E-state index is 1.12. The molecule has 0 unspecified atom stereocenters. The Kier molecular flexibility index (Phi) is 6.84. The highest BCUT2D eigenvalue weighted by atomic mass is 15.1. The molecule has 0 aliphatic rings. The van der Waals surface area contributed by atoms with Crippen molar-refractivity contribution in [3.63, 3.8) is 0 Å². The molecular weight excluding hydrogens is 581 g/mol. The summed E-state index contributed by atoms with van der Waals surface area (Å²) in [5.41, 5.74) is 11.8. The van der Waals surface area contributed by atoms with Crippen LogP contribution < -0.4 is 4.90 Å². The van der Waals surface area contributed by atoms with Crippen LogP contribution in [0.2, 0.25) is 0 Å². The highest BCUT2D eigenvalue weighted by molar-refractivity contribution is 6.10. The lowest BCUT2D eigenvalue weighted by Crippen LogP contribution is -2.10. The molecule has 9 rings (SSSR count). The fourth-order valence-corrected chi connectivity index (χ4v) is 7.07. The molecule has 0 N–H and O–H groups in total. The third kappa shape index (κ3) is 4.83. The van der Waals surface area contributed by atoms with E-state index in [2.05, 4.69) is 204 Å². The van der Waals surface area contributed by atoms with Gasteiger partial charge in [0.25, 0.3) is 0 Å². The van der Waals surface area contributed by atoms with E-state index in [1.807, 2.05) is 0 Å². The maximum atomic E-state index is 2.38. The van der Waals surface area contributed by atoms with Gasteiger partial charge in [-0.1, -0.05) is 133 Å². The Bertz CT molecular complexity index is 2520. The molecule has 2 nitrogen and oxygen atoms in total. The highest BCUT2D eigenvalue weighted by Crippen LogP contribution is 2.40. The quantitative estimate of drug-likeness (QED) is 0.181. The van der Waals surface area contributed by atoms with Crippen LogP contribution in [0.5, 0.6) is 0 Å². The van der Waals surface area contributed by atoms with Crippen LogP contribution in [0.1, 0.15) is 0 Å². The monoisotopic (exact) mass is 612 g/mol. The summed E-state index contributed by atoms with van der Waals surface area (Å²) in [7, 11) is 0. The van der Waals surface area contributed by atoms with Gasteiger partial charge in [0.1, 0.15) is 0 Å². The van der Waals surface area contributed by atoms with Gasteiger partial charge in [-0.2, -0.15) is 0 Å². The third-order valence-corrected chi connectivity index (χ3v) is 9.39. The summed E-state index contributed by atoms with van der Waals surface area (Å²) in [5.74, 6) is 0. The average Bonchev–Trinajstić information content (AvgIpc) is 3.50. The summed E-state index contributed by atoms with van der Waals surface area (Å²) in [4.78, 5) is 2.35. The van der Waals surface area contributed by atoms with Crippen LogP contribution in [0.25, 0.3) is 60.5 Å². The van der Waals surface area contributed by atoms with Crippen LogP contribution in [0.15, 0.2) is 194 Å². The molecule has 0 radical (unpaired) electrons. The molecule has 1 aromatic heterocycles. The molecule has 48 heavy (non-hydrogen) atoms. The summed E-state index contributed by atoms with van der Waals surface area (Å²) in [6.07, 6.45) is 0. The van der Waals surface area contributed by atoms with Crippen LogP contribution in [0, 0.1) is 0 Å². The SMILES string of the molecule is c1ccc(-c2ccc(-n3c4ccccc4c4cc(-c5ccc(N(c6ccccc6)c6cccc7ccccc67)cc5)ccc43)cc2)cc1. The number of hydrogen-bond acceptors (Lipinski definition) is 1. The van der Waals surface area contributed by atoms with Crippen molar-refractivity contribution in [1.82, 2.24) is 4.57 Å². The van der Waals surface area contributed by atoms with Gasteiger partial charge in [-0.25, -0.2) is 0 Å². The lowest BCUT2D eigenvalue weighted by Gasteiger charge is -2.27. The van der Waals surface area contributed by atoms with E-state index in [4.69, 9.17) is 0 Å². The van der Waals surface area contributed by atoms with Crippen LogP contribution in [-0.4, -0.2) is 4.57 Å². The fourth-order valence-electron chi connectivity index (χ4n) is 7.07. The predicted octanol–water partition coefficient (Wildman–Crippen LogP) is 12.7. The molecule has 0 amide bonds. The van der Waals surface area contributed by atoms with E-state index in [1.54, 1.807) is 0 Å². The molecule has 8 aromatic carbocycles. The van der Waals surface area contributed by atoms with E-state index in [9.17, 15) is 0 Å². The Morgan fingerprint density at radius 1 is 0.333 bits per heavy atom. The topological polar surface area (TPSA) is 8.17 Å². The van der Waals surface area contributed by atoms with Gasteiger partial charge in [-0.3, -0.25) is 0 Å². The summed E-state index contributed by atoms with van der Waals surface area (Å²) in [5, 5.41) is 4.96. The summed E-state index contributed by atoms with van der Waals surface area (Å²) in [6, 6.07) is 69.8. The number of benzene rings is 8. The van der Waals surface area contributed by atoms with E-state index in [0.29, 0.717) is 0 Å². The molecule has 0 saturated heterocycles. The molecule has 0 saturated carbocycles. The first kappa shape index (κ1) is 27.9. The first-order chi connectivity index (χ1) is 23.8. The molecule has 226 valence electrons. The number of para-hydroxylation sites is 2. The third-order valence-electron chi connectivity index (χ3n) is 9.39. The van der Waals surface area contributed by atoms with Gasteiger partial charge in [0.05, 0.1) is 16.7 Å². The largest absolute Gasteiger partial charge is 0.310 e. The van der Waals surface area contributed by atoms with Crippen molar-refractivity contribution in [2.75, 3.05) is 4.90 Å². The molecule has 9 aromatic rings. The lowest BCUT2D eigenvalue weighted by atomic mass is 10.0. The molecular formula is C46H32N2. The second kappa shape index (κ2) is 11.8. The van der Waals surface area contributed by atoms with E-state index >= 15 is 0 Å². The number of aromatic nitrogens is 1. The molecule has 0 bridgehead atoms. The molecule has 0 spiro atoms. The van der Waals surface area contributed by atoms with Gasteiger partial charge in [0.15, 0.2) is 0 Å². The zero-order valence-corrected chi connectivity index (χ0v) is 26.4. The maximum absolute atomic E-state index is 2.38. The zero-order valence-electron chi connectivity index (χ0n) is 26.4. The summed E-state index contributed by atoms with van der Waals surface area (Å²) in [6.45, 7) is 0. The lowest BCUT2D eigenvalue weighted by molar-refractivity contribution is 1.18. The van der Waals surface area contributed by atoms with Gasteiger partial charge < -0.3 is 9.47 Å². The van der Waals surface area contributed by atoms with Crippen molar-refractivity contribution >= 4 is 49.6 Å². The van der Waals surface area contributed by atoms with Crippen molar-refractivity contribution in [2.45, 2.75) is 0 Å². The summed E-state index contributed by atoms with van der Waals surface area (Å²) >= 11 is 0.